The maximum atomic E-state index is 13.1. The van der Waals surface area contributed by atoms with Gasteiger partial charge in [0, 0.05) is 24.7 Å². The predicted octanol–water partition coefficient (Wildman–Crippen LogP) is 4.49. The van der Waals surface area contributed by atoms with E-state index in [1.54, 1.807) is 6.07 Å². The minimum atomic E-state index is -5.15. The van der Waals surface area contributed by atoms with E-state index in [1.165, 1.54) is 20.3 Å². The van der Waals surface area contributed by atoms with Crippen LogP contribution in [0.25, 0.3) is 0 Å². The molecular weight excluding hydrogens is 452 g/mol. The quantitative estimate of drug-likeness (QED) is 0.620. The molecule has 2 aromatic rings. The first-order valence-electron chi connectivity index (χ1n) is 8.80. The van der Waals surface area contributed by atoms with Crippen molar-refractivity contribution in [1.82, 2.24) is 4.31 Å². The summed E-state index contributed by atoms with van der Waals surface area (Å²) >= 11 is 0. The standard InChI is InChI=1S/C19H17F6NO4S/c1-29-14-5-11-3-4-26(10-16(11)17(9-14)30-2)31(27,28)15-7-12(18(20,21)22)6-13(8-15)19(23,24)25/h5-9H,3-4,10H2,1-2H3. The Bertz CT molecular complexity index is 1050. The van der Waals surface area contributed by atoms with Crippen LogP contribution in [-0.4, -0.2) is 33.5 Å². The van der Waals surface area contributed by atoms with Crippen LogP contribution in [-0.2, 0) is 35.3 Å². The number of sulfonamides is 1. The van der Waals surface area contributed by atoms with Gasteiger partial charge in [-0.1, -0.05) is 0 Å². The normalized spacial score (nSPS) is 15.5. The highest BCUT2D eigenvalue weighted by molar-refractivity contribution is 7.89. The van der Waals surface area contributed by atoms with Crippen molar-refractivity contribution in [3.8, 4) is 11.5 Å². The van der Waals surface area contributed by atoms with E-state index >= 15 is 0 Å². The molecule has 2 aromatic carbocycles. The Balaban J connectivity index is 2.07. The monoisotopic (exact) mass is 469 g/mol. The summed E-state index contributed by atoms with van der Waals surface area (Å²) in [6, 6.07) is 3.51. The summed E-state index contributed by atoms with van der Waals surface area (Å²) in [5.41, 5.74) is -2.22. The van der Waals surface area contributed by atoms with Gasteiger partial charge in [-0.3, -0.25) is 0 Å². The molecule has 0 radical (unpaired) electrons. The number of methoxy groups -OCH3 is 2. The molecule has 1 heterocycles. The van der Waals surface area contributed by atoms with E-state index < -0.39 is 38.4 Å². The fraction of sp³-hybridized carbons (Fsp3) is 0.368. The van der Waals surface area contributed by atoms with Gasteiger partial charge in [-0.25, -0.2) is 8.42 Å². The van der Waals surface area contributed by atoms with Crippen LogP contribution in [0.5, 0.6) is 11.5 Å². The lowest BCUT2D eigenvalue weighted by Gasteiger charge is -2.30. The Hall–Kier alpha value is -2.47. The number of nitrogens with zero attached hydrogens (tertiary/aromatic N) is 1. The smallest absolute Gasteiger partial charge is 0.416 e. The largest absolute Gasteiger partial charge is 0.497 e. The van der Waals surface area contributed by atoms with Crippen molar-refractivity contribution in [2.75, 3.05) is 20.8 Å². The molecule has 0 amide bonds. The average Bonchev–Trinajstić information content (AvgIpc) is 2.70. The zero-order valence-corrected chi connectivity index (χ0v) is 17.1. The third kappa shape index (κ3) is 4.59. The first-order valence-corrected chi connectivity index (χ1v) is 10.2. The average molecular weight is 469 g/mol. The van der Waals surface area contributed by atoms with Gasteiger partial charge in [-0.15, -0.1) is 0 Å². The van der Waals surface area contributed by atoms with E-state index in [0.717, 1.165) is 4.31 Å². The predicted molar refractivity (Wildman–Crippen MR) is 97.3 cm³/mol. The van der Waals surface area contributed by atoms with Gasteiger partial charge in [-0.05, 0) is 36.2 Å². The van der Waals surface area contributed by atoms with Gasteiger partial charge in [0.25, 0.3) is 0 Å². The molecule has 0 aromatic heterocycles. The minimum Gasteiger partial charge on any atom is -0.497 e. The lowest BCUT2D eigenvalue weighted by atomic mass is 9.99. The molecule has 12 heteroatoms. The second-order valence-electron chi connectivity index (χ2n) is 6.80. The Morgan fingerprint density at radius 2 is 1.45 bits per heavy atom. The zero-order valence-electron chi connectivity index (χ0n) is 16.3. The molecule has 0 saturated heterocycles. The lowest BCUT2D eigenvalue weighted by molar-refractivity contribution is -0.143. The number of rotatable bonds is 4. The van der Waals surface area contributed by atoms with Crippen LogP contribution in [0.4, 0.5) is 26.3 Å². The molecule has 0 N–H and O–H groups in total. The zero-order chi connectivity index (χ0) is 23.2. The van der Waals surface area contributed by atoms with Crippen LogP contribution in [0, 0.1) is 0 Å². The molecule has 5 nitrogen and oxygen atoms in total. The molecule has 0 bridgehead atoms. The van der Waals surface area contributed by atoms with Crippen LogP contribution in [0.2, 0.25) is 0 Å². The second kappa shape index (κ2) is 7.90. The molecule has 1 aliphatic rings. The molecule has 0 fully saturated rings. The van der Waals surface area contributed by atoms with Crippen molar-refractivity contribution >= 4 is 10.0 Å². The molecule has 0 unspecified atom stereocenters. The molecule has 170 valence electrons. The van der Waals surface area contributed by atoms with E-state index in [0.29, 0.717) is 22.6 Å². The molecule has 0 atom stereocenters. The first-order chi connectivity index (χ1) is 14.3. The summed E-state index contributed by atoms with van der Waals surface area (Å²) in [5.74, 6) is 0.772. The van der Waals surface area contributed by atoms with Crippen LogP contribution >= 0.6 is 0 Å². The van der Waals surface area contributed by atoms with Gasteiger partial charge in [0.2, 0.25) is 10.0 Å². The van der Waals surface area contributed by atoms with E-state index in [-0.39, 0.29) is 37.7 Å². The summed E-state index contributed by atoms with van der Waals surface area (Å²) in [6.45, 7) is -0.411. The van der Waals surface area contributed by atoms with Crippen molar-refractivity contribution < 1.29 is 44.2 Å². The third-order valence-electron chi connectivity index (χ3n) is 4.89. The summed E-state index contributed by atoms with van der Waals surface area (Å²) < 4.78 is 116. The summed E-state index contributed by atoms with van der Waals surface area (Å²) in [5, 5.41) is 0. The molecule has 0 aliphatic carbocycles. The number of halogens is 6. The van der Waals surface area contributed by atoms with Gasteiger partial charge in [0.05, 0.1) is 30.2 Å². The maximum absolute atomic E-state index is 13.1. The van der Waals surface area contributed by atoms with Crippen LogP contribution in [0.1, 0.15) is 22.3 Å². The number of ether oxygens (including phenoxy) is 2. The van der Waals surface area contributed by atoms with Gasteiger partial charge in [0.15, 0.2) is 0 Å². The SMILES string of the molecule is COc1cc2c(c(OC)c1)CN(S(=O)(=O)c1cc(C(F)(F)F)cc(C(F)(F)F)c1)CC2. The van der Waals surface area contributed by atoms with Crippen LogP contribution in [0.3, 0.4) is 0 Å². The van der Waals surface area contributed by atoms with Crippen molar-refractivity contribution in [3.63, 3.8) is 0 Å². The van der Waals surface area contributed by atoms with E-state index in [2.05, 4.69) is 0 Å². The number of benzene rings is 2. The third-order valence-corrected chi connectivity index (χ3v) is 6.72. The molecular formula is C19H17F6NO4S. The number of hydrogen-bond donors (Lipinski definition) is 0. The van der Waals surface area contributed by atoms with Crippen LogP contribution < -0.4 is 9.47 Å². The van der Waals surface area contributed by atoms with Crippen molar-refractivity contribution in [3.05, 3.63) is 52.6 Å². The highest BCUT2D eigenvalue weighted by Crippen LogP contribution is 2.39. The summed E-state index contributed by atoms with van der Waals surface area (Å²) in [6.07, 6.45) is -10.1. The fourth-order valence-corrected chi connectivity index (χ4v) is 4.79. The van der Waals surface area contributed by atoms with E-state index in [9.17, 15) is 34.8 Å². The van der Waals surface area contributed by atoms with Gasteiger partial charge in [-0.2, -0.15) is 30.6 Å². The van der Waals surface area contributed by atoms with Crippen molar-refractivity contribution in [1.29, 1.82) is 0 Å². The number of fused-ring (bicyclic) bond motifs is 1. The van der Waals surface area contributed by atoms with Crippen molar-refractivity contribution in [2.45, 2.75) is 30.2 Å². The van der Waals surface area contributed by atoms with E-state index in [1.807, 2.05) is 0 Å². The van der Waals surface area contributed by atoms with Gasteiger partial charge in [0.1, 0.15) is 11.5 Å². The molecule has 31 heavy (non-hydrogen) atoms. The highest BCUT2D eigenvalue weighted by Gasteiger charge is 2.39. The number of hydrogen-bond acceptors (Lipinski definition) is 4. The number of alkyl halides is 6. The first kappa shape index (κ1) is 23.2. The van der Waals surface area contributed by atoms with Crippen LogP contribution in [0.15, 0.2) is 35.2 Å². The van der Waals surface area contributed by atoms with E-state index in [4.69, 9.17) is 9.47 Å². The van der Waals surface area contributed by atoms with Crippen molar-refractivity contribution in [2.24, 2.45) is 0 Å². The molecule has 1 aliphatic heterocycles. The Labute approximate surface area is 174 Å². The maximum Gasteiger partial charge on any atom is 0.416 e. The molecule has 0 spiro atoms. The Morgan fingerprint density at radius 1 is 0.871 bits per heavy atom. The topological polar surface area (TPSA) is 55.8 Å². The second-order valence-corrected chi connectivity index (χ2v) is 8.74. The Kier molecular flexibility index (Phi) is 5.91. The highest BCUT2D eigenvalue weighted by atomic mass is 32.2. The molecule has 3 rings (SSSR count). The summed E-state index contributed by atoms with van der Waals surface area (Å²) in [7, 11) is -1.88. The molecule has 0 saturated carbocycles. The summed E-state index contributed by atoms with van der Waals surface area (Å²) in [4.78, 5) is -1.08. The fourth-order valence-electron chi connectivity index (χ4n) is 3.31. The van der Waals surface area contributed by atoms with Gasteiger partial charge >= 0.3 is 12.4 Å². The minimum absolute atomic E-state index is 0.111. The lowest BCUT2D eigenvalue weighted by Crippen LogP contribution is -2.36. The van der Waals surface area contributed by atoms with Gasteiger partial charge < -0.3 is 9.47 Å². The Morgan fingerprint density at radius 3 is 1.94 bits per heavy atom.